The normalized spacial score (nSPS) is 9.88. The van der Waals surface area contributed by atoms with E-state index in [0.29, 0.717) is 10.4 Å². The summed E-state index contributed by atoms with van der Waals surface area (Å²) in [5, 5.41) is 0. The molecule has 6 nitrogen and oxygen atoms in total. The number of hydrogen-bond donors (Lipinski definition) is 0. The van der Waals surface area contributed by atoms with E-state index in [2.05, 4.69) is 25.7 Å². The largest absolute Gasteiger partial charge is 0.480 e. The van der Waals surface area contributed by atoms with Gasteiger partial charge in [0.2, 0.25) is 5.88 Å². The van der Waals surface area contributed by atoms with Crippen molar-refractivity contribution >= 4 is 21.9 Å². The molecule has 0 N–H and O–H groups in total. The Bertz CT molecular complexity index is 410. The monoisotopic (exact) mass is 305 g/mol. The molecule has 0 aliphatic rings. The number of methoxy groups -OCH3 is 3. The van der Waals surface area contributed by atoms with Crippen molar-refractivity contribution in [2.75, 3.05) is 28.1 Å². The molecule has 0 aromatic carbocycles. The molecule has 0 atom stereocenters. The van der Waals surface area contributed by atoms with Crippen molar-refractivity contribution in [3.8, 4) is 11.6 Å². The molecule has 1 aromatic rings. The van der Waals surface area contributed by atoms with Gasteiger partial charge in [-0.3, -0.25) is 0 Å². The second kappa shape index (κ2) is 6.41. The standard InChI is InChI=1S/C10H12BrNO5/c1-14-5-17-7-4-6(10(13)16-3)9(15-2)12-8(7)11/h4H,5H2,1-3H3. The molecule has 0 fully saturated rings. The molecule has 0 aliphatic heterocycles. The summed E-state index contributed by atoms with van der Waals surface area (Å²) in [4.78, 5) is 15.5. The Morgan fingerprint density at radius 2 is 2.12 bits per heavy atom. The average molecular weight is 306 g/mol. The van der Waals surface area contributed by atoms with Gasteiger partial charge in [0.15, 0.2) is 17.1 Å². The Labute approximate surface area is 107 Å². The zero-order valence-corrected chi connectivity index (χ0v) is 11.2. The number of aromatic nitrogens is 1. The lowest BCUT2D eigenvalue weighted by molar-refractivity contribution is 0.0493. The summed E-state index contributed by atoms with van der Waals surface area (Å²) in [5.41, 5.74) is 0.185. The first-order chi connectivity index (χ1) is 8.13. The van der Waals surface area contributed by atoms with E-state index in [9.17, 15) is 4.79 Å². The maximum Gasteiger partial charge on any atom is 0.343 e. The fraction of sp³-hybridized carbons (Fsp3) is 0.400. The van der Waals surface area contributed by atoms with Gasteiger partial charge < -0.3 is 18.9 Å². The Morgan fingerprint density at radius 1 is 1.41 bits per heavy atom. The van der Waals surface area contributed by atoms with Gasteiger partial charge >= 0.3 is 5.97 Å². The van der Waals surface area contributed by atoms with Gasteiger partial charge in [-0.2, -0.15) is 0 Å². The molecular weight excluding hydrogens is 294 g/mol. The van der Waals surface area contributed by atoms with Crippen LogP contribution >= 0.6 is 15.9 Å². The lowest BCUT2D eigenvalue weighted by Crippen LogP contribution is -2.08. The number of pyridine rings is 1. The minimum atomic E-state index is -0.552. The lowest BCUT2D eigenvalue weighted by atomic mass is 10.2. The molecule has 17 heavy (non-hydrogen) atoms. The van der Waals surface area contributed by atoms with Crippen LogP contribution in [0.1, 0.15) is 10.4 Å². The molecule has 0 aliphatic carbocycles. The van der Waals surface area contributed by atoms with Crippen molar-refractivity contribution in [3.63, 3.8) is 0 Å². The molecule has 0 saturated heterocycles. The van der Waals surface area contributed by atoms with Crippen LogP contribution in [0.25, 0.3) is 0 Å². The number of esters is 1. The molecule has 7 heteroatoms. The van der Waals surface area contributed by atoms with Crippen molar-refractivity contribution in [2.24, 2.45) is 0 Å². The number of halogens is 1. The summed E-state index contributed by atoms with van der Waals surface area (Å²) in [5.74, 6) is -0.0225. The first-order valence-electron chi connectivity index (χ1n) is 4.58. The van der Waals surface area contributed by atoms with Gasteiger partial charge in [-0.05, 0) is 15.9 Å². The van der Waals surface area contributed by atoms with Crippen LogP contribution in [0.4, 0.5) is 0 Å². The highest BCUT2D eigenvalue weighted by atomic mass is 79.9. The molecule has 94 valence electrons. The predicted octanol–water partition coefficient (Wildman–Crippen LogP) is 1.62. The maximum absolute atomic E-state index is 11.5. The number of rotatable bonds is 5. The van der Waals surface area contributed by atoms with Crippen LogP contribution in [0.2, 0.25) is 0 Å². The highest BCUT2D eigenvalue weighted by molar-refractivity contribution is 9.10. The Balaban J connectivity index is 3.13. The van der Waals surface area contributed by atoms with Gasteiger partial charge in [0, 0.05) is 13.2 Å². The fourth-order valence-corrected chi connectivity index (χ4v) is 1.48. The van der Waals surface area contributed by atoms with E-state index in [0.717, 1.165) is 0 Å². The van der Waals surface area contributed by atoms with Crippen LogP contribution in [-0.4, -0.2) is 39.1 Å². The molecular formula is C10H12BrNO5. The molecule has 0 amide bonds. The molecule has 0 bridgehead atoms. The number of carbonyl (C=O) groups excluding carboxylic acids is 1. The smallest absolute Gasteiger partial charge is 0.343 e. The summed E-state index contributed by atoms with van der Waals surface area (Å²) in [6, 6.07) is 1.47. The average Bonchev–Trinajstić information content (AvgIpc) is 2.35. The Morgan fingerprint density at radius 3 is 2.65 bits per heavy atom. The van der Waals surface area contributed by atoms with E-state index in [-0.39, 0.29) is 18.2 Å². The molecule has 0 radical (unpaired) electrons. The van der Waals surface area contributed by atoms with Crippen molar-refractivity contribution in [1.29, 1.82) is 0 Å². The van der Waals surface area contributed by atoms with Gasteiger partial charge in [-0.1, -0.05) is 0 Å². The lowest BCUT2D eigenvalue weighted by Gasteiger charge is -2.10. The van der Waals surface area contributed by atoms with Crippen LogP contribution in [0.15, 0.2) is 10.7 Å². The van der Waals surface area contributed by atoms with Crippen molar-refractivity contribution in [1.82, 2.24) is 4.98 Å². The summed E-state index contributed by atoms with van der Waals surface area (Å²) in [6.07, 6.45) is 0. The van der Waals surface area contributed by atoms with E-state index in [1.165, 1.54) is 27.4 Å². The summed E-state index contributed by atoms with van der Waals surface area (Å²) >= 11 is 3.20. The first-order valence-corrected chi connectivity index (χ1v) is 5.38. The van der Waals surface area contributed by atoms with Crippen LogP contribution in [0.5, 0.6) is 11.6 Å². The zero-order valence-electron chi connectivity index (χ0n) is 9.65. The Hall–Kier alpha value is -1.34. The second-order valence-electron chi connectivity index (χ2n) is 2.88. The van der Waals surface area contributed by atoms with E-state index in [1.54, 1.807) is 0 Å². The topological polar surface area (TPSA) is 66.9 Å². The highest BCUT2D eigenvalue weighted by Crippen LogP contribution is 2.29. The summed E-state index contributed by atoms with van der Waals surface area (Å²) in [6.45, 7) is 0.0488. The van der Waals surface area contributed by atoms with Gasteiger partial charge in [-0.25, -0.2) is 9.78 Å². The van der Waals surface area contributed by atoms with Crippen LogP contribution in [0.3, 0.4) is 0 Å². The third-order valence-corrected chi connectivity index (χ3v) is 2.41. The van der Waals surface area contributed by atoms with Gasteiger partial charge in [0.25, 0.3) is 0 Å². The third-order valence-electron chi connectivity index (χ3n) is 1.84. The van der Waals surface area contributed by atoms with Crippen molar-refractivity contribution < 1.29 is 23.7 Å². The van der Waals surface area contributed by atoms with Gasteiger partial charge in [0.05, 0.1) is 14.2 Å². The second-order valence-corrected chi connectivity index (χ2v) is 3.63. The minimum Gasteiger partial charge on any atom is -0.480 e. The number of nitrogens with zero attached hydrogens (tertiary/aromatic N) is 1. The fourth-order valence-electron chi connectivity index (χ4n) is 1.09. The van der Waals surface area contributed by atoms with Crippen LogP contribution in [0, 0.1) is 0 Å². The molecule has 0 saturated carbocycles. The summed E-state index contributed by atoms with van der Waals surface area (Å²) in [7, 11) is 4.18. The molecule has 1 heterocycles. The van der Waals surface area contributed by atoms with Gasteiger partial charge in [0.1, 0.15) is 5.56 Å². The summed E-state index contributed by atoms with van der Waals surface area (Å²) < 4.78 is 20.0. The van der Waals surface area contributed by atoms with Crippen molar-refractivity contribution in [2.45, 2.75) is 0 Å². The number of hydrogen-bond acceptors (Lipinski definition) is 6. The van der Waals surface area contributed by atoms with Gasteiger partial charge in [-0.15, -0.1) is 0 Å². The quantitative estimate of drug-likeness (QED) is 0.468. The number of carbonyl (C=O) groups is 1. The SMILES string of the molecule is COCOc1cc(C(=O)OC)c(OC)nc1Br. The first kappa shape index (κ1) is 13.7. The molecule has 0 spiro atoms. The predicted molar refractivity (Wildman–Crippen MR) is 62.3 cm³/mol. The molecule has 1 rings (SSSR count). The van der Waals surface area contributed by atoms with E-state index >= 15 is 0 Å². The molecule has 0 unspecified atom stereocenters. The van der Waals surface area contributed by atoms with E-state index < -0.39 is 5.97 Å². The molecule has 1 aromatic heterocycles. The third kappa shape index (κ3) is 3.31. The minimum absolute atomic E-state index is 0.0488. The maximum atomic E-state index is 11.5. The van der Waals surface area contributed by atoms with E-state index in [1.807, 2.05) is 0 Å². The number of ether oxygens (including phenoxy) is 4. The van der Waals surface area contributed by atoms with E-state index in [4.69, 9.17) is 14.2 Å². The Kier molecular flexibility index (Phi) is 5.17. The van der Waals surface area contributed by atoms with Crippen LogP contribution in [-0.2, 0) is 9.47 Å². The van der Waals surface area contributed by atoms with Crippen molar-refractivity contribution in [3.05, 3.63) is 16.2 Å². The van der Waals surface area contributed by atoms with Crippen LogP contribution < -0.4 is 9.47 Å². The highest BCUT2D eigenvalue weighted by Gasteiger charge is 2.18. The zero-order chi connectivity index (χ0) is 12.8.